The summed E-state index contributed by atoms with van der Waals surface area (Å²) in [6, 6.07) is 4.48. The summed E-state index contributed by atoms with van der Waals surface area (Å²) < 4.78 is 35.4. The monoisotopic (exact) mass is 259 g/mol. The summed E-state index contributed by atoms with van der Waals surface area (Å²) in [5, 5.41) is 0. The van der Waals surface area contributed by atoms with Crippen molar-refractivity contribution in [2.24, 2.45) is 0 Å². The molecule has 5 nitrogen and oxygen atoms in total. The molecule has 2 aromatic rings. The molecule has 0 fully saturated rings. The van der Waals surface area contributed by atoms with Crippen LogP contribution in [0.5, 0.6) is 0 Å². The minimum Gasteiger partial charge on any atom is -0.345 e. The van der Waals surface area contributed by atoms with Gasteiger partial charge < -0.3 is 4.98 Å². The van der Waals surface area contributed by atoms with Gasteiger partial charge in [0, 0.05) is 5.56 Å². The second kappa shape index (κ2) is 4.65. The predicted molar refractivity (Wildman–Crippen MR) is 55.6 cm³/mol. The molecule has 0 aliphatic heterocycles. The van der Waals surface area contributed by atoms with Crippen LogP contribution in [0.1, 0.15) is 10.4 Å². The standard InChI is InChI=1S/C10H8F3N3O2/c11-10(12,13)4-18-16-9(17)6-1-2-7-8(3-6)15-5-14-7/h1-3,5H,4H2,(H,14,15)(H,16,17). The molecule has 0 aliphatic rings. The van der Waals surface area contributed by atoms with E-state index in [1.54, 1.807) is 11.5 Å². The van der Waals surface area contributed by atoms with E-state index >= 15 is 0 Å². The lowest BCUT2D eigenvalue weighted by molar-refractivity contribution is -0.184. The van der Waals surface area contributed by atoms with Crippen molar-refractivity contribution in [2.45, 2.75) is 6.18 Å². The van der Waals surface area contributed by atoms with Gasteiger partial charge in [0.05, 0.1) is 17.4 Å². The van der Waals surface area contributed by atoms with Gasteiger partial charge in [-0.1, -0.05) is 0 Å². The predicted octanol–water partition coefficient (Wildman–Crippen LogP) is 1.79. The first-order valence-corrected chi connectivity index (χ1v) is 4.88. The summed E-state index contributed by atoms with van der Waals surface area (Å²) in [5.41, 5.74) is 3.16. The zero-order valence-corrected chi connectivity index (χ0v) is 8.91. The van der Waals surface area contributed by atoms with Crippen molar-refractivity contribution < 1.29 is 22.8 Å². The van der Waals surface area contributed by atoms with Crippen molar-refractivity contribution in [3.05, 3.63) is 30.1 Å². The number of alkyl halides is 3. The van der Waals surface area contributed by atoms with Gasteiger partial charge >= 0.3 is 6.18 Å². The minimum absolute atomic E-state index is 0.175. The van der Waals surface area contributed by atoms with E-state index < -0.39 is 18.7 Å². The van der Waals surface area contributed by atoms with Crippen molar-refractivity contribution in [1.29, 1.82) is 0 Å². The number of rotatable bonds is 3. The zero-order chi connectivity index (χ0) is 13.2. The molecule has 2 N–H and O–H groups in total. The number of imidazole rings is 1. The highest BCUT2D eigenvalue weighted by Crippen LogP contribution is 2.14. The lowest BCUT2D eigenvalue weighted by Gasteiger charge is -2.08. The van der Waals surface area contributed by atoms with E-state index in [9.17, 15) is 18.0 Å². The molecule has 8 heteroatoms. The number of hydrogen-bond acceptors (Lipinski definition) is 3. The fourth-order valence-corrected chi connectivity index (χ4v) is 1.32. The molecule has 2 rings (SSSR count). The Kier molecular flexibility index (Phi) is 3.19. The number of aromatic amines is 1. The summed E-state index contributed by atoms with van der Waals surface area (Å²) in [4.78, 5) is 22.2. The van der Waals surface area contributed by atoms with Crippen LogP contribution in [0.4, 0.5) is 13.2 Å². The Labute approximate surface area is 98.9 Å². The number of hydroxylamine groups is 1. The number of aromatic nitrogens is 2. The van der Waals surface area contributed by atoms with Crippen LogP contribution in [0.3, 0.4) is 0 Å². The summed E-state index contributed by atoms with van der Waals surface area (Å²) in [6.45, 7) is -1.54. The SMILES string of the molecule is O=C(NOCC(F)(F)F)c1ccc2nc[nH]c2c1. The van der Waals surface area contributed by atoms with Crippen LogP contribution in [0, 0.1) is 0 Å². The first kappa shape index (κ1) is 12.4. The molecule has 1 amide bonds. The summed E-state index contributed by atoms with van der Waals surface area (Å²) >= 11 is 0. The molecule has 1 aromatic carbocycles. The van der Waals surface area contributed by atoms with Crippen LogP contribution in [0.25, 0.3) is 11.0 Å². The summed E-state index contributed by atoms with van der Waals surface area (Å²) in [5.74, 6) is -0.754. The number of nitrogens with one attached hydrogen (secondary N) is 2. The van der Waals surface area contributed by atoms with E-state index in [1.807, 2.05) is 0 Å². The summed E-state index contributed by atoms with van der Waals surface area (Å²) in [7, 11) is 0. The van der Waals surface area contributed by atoms with Crippen molar-refractivity contribution in [1.82, 2.24) is 15.4 Å². The molecule has 1 aromatic heterocycles. The van der Waals surface area contributed by atoms with Crippen LogP contribution >= 0.6 is 0 Å². The number of amides is 1. The first-order chi connectivity index (χ1) is 8.46. The first-order valence-electron chi connectivity index (χ1n) is 4.88. The number of carbonyl (C=O) groups excluding carboxylic acids is 1. The molecule has 0 bridgehead atoms. The quantitative estimate of drug-likeness (QED) is 0.826. The number of fused-ring (bicyclic) bond motifs is 1. The number of hydrogen-bond donors (Lipinski definition) is 2. The second-order valence-electron chi connectivity index (χ2n) is 3.47. The number of nitrogens with zero attached hydrogens (tertiary/aromatic N) is 1. The van der Waals surface area contributed by atoms with Gasteiger partial charge in [-0.3, -0.25) is 9.63 Å². The molecule has 18 heavy (non-hydrogen) atoms. The van der Waals surface area contributed by atoms with Gasteiger partial charge in [-0.15, -0.1) is 0 Å². The maximum absolute atomic E-state index is 11.8. The maximum Gasteiger partial charge on any atom is 0.414 e. The van der Waals surface area contributed by atoms with Gasteiger partial charge in [-0.25, -0.2) is 10.5 Å². The van der Waals surface area contributed by atoms with Gasteiger partial charge in [-0.2, -0.15) is 13.2 Å². The Bertz CT molecular complexity index is 565. The molecule has 0 unspecified atom stereocenters. The molecular formula is C10H8F3N3O2. The van der Waals surface area contributed by atoms with E-state index in [0.717, 1.165) is 0 Å². The number of benzene rings is 1. The van der Waals surface area contributed by atoms with E-state index in [-0.39, 0.29) is 5.56 Å². The van der Waals surface area contributed by atoms with Crippen LogP contribution in [0.15, 0.2) is 24.5 Å². The molecule has 0 aliphatic carbocycles. The molecule has 96 valence electrons. The fourth-order valence-electron chi connectivity index (χ4n) is 1.32. The molecule has 0 spiro atoms. The highest BCUT2D eigenvalue weighted by molar-refractivity contribution is 5.96. The lowest BCUT2D eigenvalue weighted by atomic mass is 10.2. The van der Waals surface area contributed by atoms with Crippen LogP contribution in [-0.4, -0.2) is 28.7 Å². The van der Waals surface area contributed by atoms with Crippen molar-refractivity contribution in [2.75, 3.05) is 6.61 Å². The molecule has 0 radical (unpaired) electrons. The topological polar surface area (TPSA) is 67.0 Å². The normalized spacial score (nSPS) is 11.7. The largest absolute Gasteiger partial charge is 0.414 e. The Hall–Kier alpha value is -2.09. The van der Waals surface area contributed by atoms with Gasteiger partial charge in [0.25, 0.3) is 5.91 Å². The average Bonchev–Trinajstić information content (AvgIpc) is 2.73. The molecule has 1 heterocycles. The van der Waals surface area contributed by atoms with E-state index in [4.69, 9.17) is 0 Å². The van der Waals surface area contributed by atoms with E-state index in [0.29, 0.717) is 11.0 Å². The third-order valence-electron chi connectivity index (χ3n) is 2.08. The highest BCUT2D eigenvalue weighted by atomic mass is 19.4. The smallest absolute Gasteiger partial charge is 0.345 e. The second-order valence-corrected chi connectivity index (χ2v) is 3.47. The van der Waals surface area contributed by atoms with Gasteiger partial charge in [0.1, 0.15) is 0 Å². The van der Waals surface area contributed by atoms with Crippen LogP contribution in [-0.2, 0) is 4.84 Å². The minimum atomic E-state index is -4.49. The number of carbonyl (C=O) groups is 1. The van der Waals surface area contributed by atoms with Crippen molar-refractivity contribution >= 4 is 16.9 Å². The number of H-pyrrole nitrogens is 1. The van der Waals surface area contributed by atoms with E-state index in [1.165, 1.54) is 18.5 Å². The third-order valence-corrected chi connectivity index (χ3v) is 2.08. The van der Waals surface area contributed by atoms with Crippen LogP contribution in [0.2, 0.25) is 0 Å². The Morgan fingerprint density at radius 2 is 2.22 bits per heavy atom. The Morgan fingerprint density at radius 1 is 1.44 bits per heavy atom. The Morgan fingerprint density at radius 3 is 2.94 bits per heavy atom. The third kappa shape index (κ3) is 2.98. The van der Waals surface area contributed by atoms with Crippen molar-refractivity contribution in [3.8, 4) is 0 Å². The molecular weight excluding hydrogens is 251 g/mol. The summed E-state index contributed by atoms with van der Waals surface area (Å²) in [6.07, 6.45) is -3.03. The van der Waals surface area contributed by atoms with E-state index in [2.05, 4.69) is 14.8 Å². The lowest BCUT2D eigenvalue weighted by Crippen LogP contribution is -2.29. The maximum atomic E-state index is 11.8. The highest BCUT2D eigenvalue weighted by Gasteiger charge is 2.28. The Balaban J connectivity index is 2.00. The van der Waals surface area contributed by atoms with Gasteiger partial charge in [0.15, 0.2) is 6.61 Å². The molecule has 0 atom stereocenters. The zero-order valence-electron chi connectivity index (χ0n) is 8.91. The molecule has 0 saturated heterocycles. The van der Waals surface area contributed by atoms with Gasteiger partial charge in [0.2, 0.25) is 0 Å². The van der Waals surface area contributed by atoms with Gasteiger partial charge in [-0.05, 0) is 18.2 Å². The number of halogens is 3. The fraction of sp³-hybridized carbons (Fsp3) is 0.200. The molecule has 0 saturated carbocycles. The van der Waals surface area contributed by atoms with Crippen molar-refractivity contribution in [3.63, 3.8) is 0 Å². The average molecular weight is 259 g/mol. The van der Waals surface area contributed by atoms with Crippen LogP contribution < -0.4 is 5.48 Å².